The lowest BCUT2D eigenvalue weighted by Crippen LogP contribution is -2.44. The van der Waals surface area contributed by atoms with Crippen LogP contribution in [0.25, 0.3) is 0 Å². The Morgan fingerprint density at radius 1 is 1.40 bits per heavy atom. The van der Waals surface area contributed by atoms with Crippen molar-refractivity contribution in [1.82, 2.24) is 4.90 Å². The predicted molar refractivity (Wildman–Crippen MR) is 78.4 cm³/mol. The first-order valence-corrected chi connectivity index (χ1v) is 7.42. The lowest BCUT2D eigenvalue weighted by molar-refractivity contribution is 0.0636. The molecule has 0 spiro atoms. The SMILES string of the molecule is CCN(C(=O)c1ccc(Cl)cc1F)C1CCC(N)CC1. The van der Waals surface area contributed by atoms with Crippen LogP contribution < -0.4 is 5.73 Å². The highest BCUT2D eigenvalue weighted by molar-refractivity contribution is 6.30. The second kappa shape index (κ2) is 6.55. The molecule has 0 aromatic heterocycles. The van der Waals surface area contributed by atoms with Crippen LogP contribution in [0.15, 0.2) is 18.2 Å². The van der Waals surface area contributed by atoms with E-state index in [4.69, 9.17) is 17.3 Å². The first-order valence-electron chi connectivity index (χ1n) is 7.04. The van der Waals surface area contributed by atoms with Crippen LogP contribution in [-0.2, 0) is 0 Å². The molecule has 1 fully saturated rings. The molecule has 0 atom stereocenters. The molecule has 1 amide bonds. The Kier molecular flexibility index (Phi) is 5.00. The quantitative estimate of drug-likeness (QED) is 0.931. The van der Waals surface area contributed by atoms with Crippen LogP contribution in [-0.4, -0.2) is 29.4 Å². The molecule has 2 N–H and O–H groups in total. The van der Waals surface area contributed by atoms with Gasteiger partial charge >= 0.3 is 0 Å². The van der Waals surface area contributed by atoms with E-state index < -0.39 is 5.82 Å². The van der Waals surface area contributed by atoms with Crippen LogP contribution in [0.1, 0.15) is 43.0 Å². The fourth-order valence-electron chi connectivity index (χ4n) is 2.80. The third-order valence-corrected chi connectivity index (χ3v) is 4.18. The van der Waals surface area contributed by atoms with Crippen LogP contribution in [0.3, 0.4) is 0 Å². The topological polar surface area (TPSA) is 46.3 Å². The summed E-state index contributed by atoms with van der Waals surface area (Å²) in [6.45, 7) is 2.49. The summed E-state index contributed by atoms with van der Waals surface area (Å²) in [4.78, 5) is 14.2. The van der Waals surface area contributed by atoms with E-state index >= 15 is 0 Å². The summed E-state index contributed by atoms with van der Waals surface area (Å²) in [5.41, 5.74) is 5.98. The zero-order valence-electron chi connectivity index (χ0n) is 11.6. The number of hydrogen-bond donors (Lipinski definition) is 1. The molecule has 0 aliphatic heterocycles. The van der Waals surface area contributed by atoms with Crippen LogP contribution in [0.2, 0.25) is 5.02 Å². The molecule has 0 bridgehead atoms. The average Bonchev–Trinajstić information content (AvgIpc) is 2.41. The smallest absolute Gasteiger partial charge is 0.257 e. The van der Waals surface area contributed by atoms with Gasteiger partial charge in [0.05, 0.1) is 5.56 Å². The van der Waals surface area contributed by atoms with E-state index in [-0.39, 0.29) is 23.6 Å². The molecule has 1 aliphatic carbocycles. The van der Waals surface area contributed by atoms with Gasteiger partial charge in [-0.05, 0) is 50.8 Å². The van der Waals surface area contributed by atoms with Crippen molar-refractivity contribution in [2.24, 2.45) is 5.73 Å². The van der Waals surface area contributed by atoms with Crippen molar-refractivity contribution >= 4 is 17.5 Å². The van der Waals surface area contributed by atoms with Gasteiger partial charge in [0.25, 0.3) is 5.91 Å². The number of amides is 1. The Morgan fingerprint density at radius 3 is 2.60 bits per heavy atom. The van der Waals surface area contributed by atoms with Crippen molar-refractivity contribution < 1.29 is 9.18 Å². The van der Waals surface area contributed by atoms with E-state index in [0.717, 1.165) is 25.7 Å². The highest BCUT2D eigenvalue weighted by Crippen LogP contribution is 2.24. The Bertz CT molecular complexity index is 487. The molecule has 1 aromatic carbocycles. The third kappa shape index (κ3) is 3.30. The lowest BCUT2D eigenvalue weighted by atomic mass is 9.90. The normalized spacial score (nSPS) is 22.6. The molecule has 110 valence electrons. The highest BCUT2D eigenvalue weighted by Gasteiger charge is 2.28. The van der Waals surface area contributed by atoms with Gasteiger partial charge in [-0.2, -0.15) is 0 Å². The van der Waals surface area contributed by atoms with E-state index in [0.29, 0.717) is 11.6 Å². The van der Waals surface area contributed by atoms with Gasteiger partial charge in [0.2, 0.25) is 0 Å². The first-order chi connectivity index (χ1) is 9.52. The minimum Gasteiger partial charge on any atom is -0.336 e. The maximum Gasteiger partial charge on any atom is 0.257 e. The minimum atomic E-state index is -0.562. The predicted octanol–water partition coefficient (Wildman–Crippen LogP) is 3.21. The number of hydrogen-bond acceptors (Lipinski definition) is 2. The molecule has 0 radical (unpaired) electrons. The van der Waals surface area contributed by atoms with Gasteiger partial charge in [0.1, 0.15) is 5.82 Å². The maximum absolute atomic E-state index is 13.9. The summed E-state index contributed by atoms with van der Waals surface area (Å²) in [6, 6.07) is 4.56. The molecule has 1 aromatic rings. The Balaban J connectivity index is 2.16. The summed E-state index contributed by atoms with van der Waals surface area (Å²) in [7, 11) is 0. The van der Waals surface area contributed by atoms with E-state index in [1.54, 1.807) is 11.0 Å². The molecule has 5 heteroatoms. The minimum absolute atomic E-state index is 0.0890. The molecule has 1 aliphatic rings. The van der Waals surface area contributed by atoms with Gasteiger partial charge < -0.3 is 10.6 Å². The average molecular weight is 299 g/mol. The van der Waals surface area contributed by atoms with E-state index in [1.807, 2.05) is 6.92 Å². The monoisotopic (exact) mass is 298 g/mol. The summed E-state index contributed by atoms with van der Waals surface area (Å²) in [5.74, 6) is -0.824. The zero-order valence-corrected chi connectivity index (χ0v) is 12.4. The van der Waals surface area contributed by atoms with E-state index in [1.165, 1.54) is 12.1 Å². The molecule has 0 unspecified atom stereocenters. The fourth-order valence-corrected chi connectivity index (χ4v) is 2.96. The van der Waals surface area contributed by atoms with Crippen molar-refractivity contribution in [1.29, 1.82) is 0 Å². The van der Waals surface area contributed by atoms with Gasteiger partial charge in [0.15, 0.2) is 0 Å². The largest absolute Gasteiger partial charge is 0.336 e. The molecule has 0 saturated heterocycles. The van der Waals surface area contributed by atoms with Crippen molar-refractivity contribution in [3.8, 4) is 0 Å². The molecule has 3 nitrogen and oxygen atoms in total. The Labute approximate surface area is 123 Å². The highest BCUT2D eigenvalue weighted by atomic mass is 35.5. The third-order valence-electron chi connectivity index (χ3n) is 3.95. The van der Waals surface area contributed by atoms with Gasteiger partial charge in [-0.25, -0.2) is 4.39 Å². The number of nitrogens with zero attached hydrogens (tertiary/aromatic N) is 1. The number of carbonyl (C=O) groups is 1. The summed E-state index contributed by atoms with van der Waals surface area (Å²) < 4.78 is 13.9. The zero-order chi connectivity index (χ0) is 14.7. The Hall–Kier alpha value is -1.13. The van der Waals surface area contributed by atoms with Gasteiger partial charge in [0, 0.05) is 23.7 Å². The number of rotatable bonds is 3. The summed E-state index contributed by atoms with van der Waals surface area (Å²) in [5, 5.41) is 0.297. The number of halogens is 2. The molecule has 20 heavy (non-hydrogen) atoms. The summed E-state index contributed by atoms with van der Waals surface area (Å²) in [6.07, 6.45) is 3.60. The molecular formula is C15H20ClFN2O. The molecule has 0 heterocycles. The number of benzene rings is 1. The fraction of sp³-hybridized carbons (Fsp3) is 0.533. The molecular weight excluding hydrogens is 279 g/mol. The maximum atomic E-state index is 13.9. The Morgan fingerprint density at radius 2 is 2.05 bits per heavy atom. The van der Waals surface area contributed by atoms with Gasteiger partial charge in [-0.15, -0.1) is 0 Å². The second-order valence-corrected chi connectivity index (χ2v) is 5.72. The number of nitrogens with two attached hydrogens (primary N) is 1. The van der Waals surface area contributed by atoms with Crippen LogP contribution in [0.5, 0.6) is 0 Å². The summed E-state index contributed by atoms with van der Waals surface area (Å²) >= 11 is 5.72. The van der Waals surface area contributed by atoms with Crippen molar-refractivity contribution in [2.45, 2.75) is 44.7 Å². The van der Waals surface area contributed by atoms with Crippen LogP contribution in [0.4, 0.5) is 4.39 Å². The molecule has 1 saturated carbocycles. The van der Waals surface area contributed by atoms with Crippen LogP contribution in [0, 0.1) is 5.82 Å². The van der Waals surface area contributed by atoms with Crippen molar-refractivity contribution in [3.63, 3.8) is 0 Å². The van der Waals surface area contributed by atoms with E-state index in [2.05, 4.69) is 0 Å². The van der Waals surface area contributed by atoms with E-state index in [9.17, 15) is 9.18 Å². The van der Waals surface area contributed by atoms with Crippen molar-refractivity contribution in [3.05, 3.63) is 34.6 Å². The van der Waals surface area contributed by atoms with Gasteiger partial charge in [-0.1, -0.05) is 11.6 Å². The van der Waals surface area contributed by atoms with Gasteiger partial charge in [-0.3, -0.25) is 4.79 Å². The first kappa shape index (κ1) is 15.3. The second-order valence-electron chi connectivity index (χ2n) is 5.28. The lowest BCUT2D eigenvalue weighted by Gasteiger charge is -2.35. The number of carbonyl (C=O) groups excluding carboxylic acids is 1. The van der Waals surface area contributed by atoms with Crippen molar-refractivity contribution in [2.75, 3.05) is 6.54 Å². The molecule has 2 rings (SSSR count). The van der Waals surface area contributed by atoms with Crippen LogP contribution >= 0.6 is 11.6 Å². The standard InChI is InChI=1S/C15H20ClFN2O/c1-2-19(12-6-4-11(18)5-7-12)15(20)13-8-3-10(16)9-14(13)17/h3,8-9,11-12H,2,4-7,18H2,1H3.